The quantitative estimate of drug-likeness (QED) is 0.735. The van der Waals surface area contributed by atoms with Gasteiger partial charge in [0.1, 0.15) is 0 Å². The maximum atomic E-state index is 12.4. The van der Waals surface area contributed by atoms with Gasteiger partial charge in [-0.05, 0) is 42.8 Å². The third-order valence-corrected chi connectivity index (χ3v) is 5.42. The van der Waals surface area contributed by atoms with Crippen LogP contribution in [0.1, 0.15) is 5.56 Å². The summed E-state index contributed by atoms with van der Waals surface area (Å²) in [5.74, 6) is 0. The van der Waals surface area contributed by atoms with E-state index in [1.165, 1.54) is 12.1 Å². The van der Waals surface area contributed by atoms with E-state index in [9.17, 15) is 8.42 Å². The number of halogens is 3. The first kappa shape index (κ1) is 16.4. The molecule has 8 heteroatoms. The summed E-state index contributed by atoms with van der Waals surface area (Å²) in [5, 5.41) is 0.634. The monoisotopic (exact) mass is 408 g/mol. The number of nitrogen functional groups attached to an aromatic ring is 1. The summed E-state index contributed by atoms with van der Waals surface area (Å²) in [5.41, 5.74) is 6.77. The van der Waals surface area contributed by atoms with E-state index in [0.717, 1.165) is 0 Å². The summed E-state index contributed by atoms with van der Waals surface area (Å²) in [6.45, 7) is 1.68. The molecule has 3 N–H and O–H groups in total. The Morgan fingerprint density at radius 3 is 2.48 bits per heavy atom. The van der Waals surface area contributed by atoms with Crippen LogP contribution in [0.3, 0.4) is 0 Å². The van der Waals surface area contributed by atoms with Crippen LogP contribution < -0.4 is 10.5 Å². The third kappa shape index (κ3) is 3.63. The van der Waals surface area contributed by atoms with Gasteiger partial charge in [0.15, 0.2) is 0 Å². The molecule has 112 valence electrons. The molecule has 0 unspecified atom stereocenters. The molecule has 0 aliphatic heterocycles. The first-order chi connectivity index (χ1) is 9.70. The first-order valence-corrected chi connectivity index (χ1v) is 8.77. The number of aryl methyl sites for hydroxylation is 1. The zero-order chi connectivity index (χ0) is 15.8. The fourth-order valence-electron chi connectivity index (χ4n) is 1.70. The van der Waals surface area contributed by atoms with Crippen LogP contribution in [0.25, 0.3) is 0 Å². The molecule has 0 aliphatic carbocycles. The van der Waals surface area contributed by atoms with E-state index < -0.39 is 10.0 Å². The van der Waals surface area contributed by atoms with Gasteiger partial charge in [0.2, 0.25) is 0 Å². The van der Waals surface area contributed by atoms with Crippen LogP contribution in [0.15, 0.2) is 39.7 Å². The molecule has 0 aliphatic rings. The molecule has 0 aromatic heterocycles. The predicted molar refractivity (Wildman–Crippen MR) is 90.6 cm³/mol. The van der Waals surface area contributed by atoms with Crippen molar-refractivity contribution in [2.75, 3.05) is 10.5 Å². The summed E-state index contributed by atoms with van der Waals surface area (Å²) in [6, 6.07) is 7.64. The largest absolute Gasteiger partial charge is 0.397 e. The standard InChI is InChI=1S/C13H11BrCl2N2O2S/c1-7-4-9(6-11(17)13(7)16)21(19,20)18-12-5-8(14)2-3-10(12)15/h2-6,18H,17H2,1H3. The number of benzene rings is 2. The Hall–Kier alpha value is -0.950. The predicted octanol–water partition coefficient (Wildman–Crippen LogP) is 4.45. The summed E-state index contributed by atoms with van der Waals surface area (Å²) in [4.78, 5) is 0.0259. The van der Waals surface area contributed by atoms with E-state index in [4.69, 9.17) is 28.9 Å². The van der Waals surface area contributed by atoms with Crippen LogP contribution in [-0.2, 0) is 10.0 Å². The SMILES string of the molecule is Cc1cc(S(=O)(=O)Nc2cc(Br)ccc2Cl)cc(N)c1Cl. The third-order valence-electron chi connectivity index (χ3n) is 2.74. The molecule has 0 saturated carbocycles. The van der Waals surface area contributed by atoms with Gasteiger partial charge in [-0.1, -0.05) is 39.1 Å². The minimum Gasteiger partial charge on any atom is -0.397 e. The van der Waals surface area contributed by atoms with Crippen molar-refractivity contribution in [2.24, 2.45) is 0 Å². The Labute approximate surface area is 141 Å². The minimum absolute atomic E-state index is 0.0259. The second kappa shape index (κ2) is 6.04. The molecular formula is C13H11BrCl2N2O2S. The van der Waals surface area contributed by atoms with Crippen molar-refractivity contribution in [3.63, 3.8) is 0 Å². The van der Waals surface area contributed by atoms with E-state index in [-0.39, 0.29) is 16.3 Å². The summed E-state index contributed by atoms with van der Waals surface area (Å²) in [6.07, 6.45) is 0. The fraction of sp³-hybridized carbons (Fsp3) is 0.0769. The molecule has 0 atom stereocenters. The highest BCUT2D eigenvalue weighted by Gasteiger charge is 2.18. The Bertz CT molecular complexity index is 787. The Kier molecular flexibility index (Phi) is 4.72. The lowest BCUT2D eigenvalue weighted by atomic mass is 10.2. The van der Waals surface area contributed by atoms with Gasteiger partial charge in [0.25, 0.3) is 10.0 Å². The molecule has 4 nitrogen and oxygen atoms in total. The van der Waals surface area contributed by atoms with Gasteiger partial charge in [0.05, 0.1) is 26.3 Å². The lowest BCUT2D eigenvalue weighted by Crippen LogP contribution is -2.14. The second-order valence-electron chi connectivity index (χ2n) is 4.37. The average Bonchev–Trinajstić information content (AvgIpc) is 2.39. The number of hydrogen-bond acceptors (Lipinski definition) is 3. The van der Waals surface area contributed by atoms with Gasteiger partial charge in [-0.3, -0.25) is 4.72 Å². The van der Waals surface area contributed by atoms with Gasteiger partial charge in [-0.15, -0.1) is 0 Å². The van der Waals surface area contributed by atoms with Gasteiger partial charge in [-0.2, -0.15) is 0 Å². The number of anilines is 2. The molecule has 0 heterocycles. The van der Waals surface area contributed by atoms with E-state index >= 15 is 0 Å². The summed E-state index contributed by atoms with van der Waals surface area (Å²) >= 11 is 15.2. The smallest absolute Gasteiger partial charge is 0.262 e. The first-order valence-electron chi connectivity index (χ1n) is 5.74. The van der Waals surface area contributed by atoms with E-state index in [1.807, 2.05) is 0 Å². The lowest BCUT2D eigenvalue weighted by molar-refractivity contribution is 0.601. The number of hydrogen-bond donors (Lipinski definition) is 2. The maximum absolute atomic E-state index is 12.4. The van der Waals surface area contributed by atoms with Gasteiger partial charge >= 0.3 is 0 Å². The Morgan fingerprint density at radius 2 is 1.86 bits per heavy atom. The van der Waals surface area contributed by atoms with Gasteiger partial charge < -0.3 is 5.73 Å². The minimum atomic E-state index is -3.81. The summed E-state index contributed by atoms with van der Waals surface area (Å²) < 4.78 is 27.9. The highest BCUT2D eigenvalue weighted by Crippen LogP contribution is 2.30. The second-order valence-corrected chi connectivity index (χ2v) is 7.76. The number of nitrogens with two attached hydrogens (primary N) is 1. The van der Waals surface area contributed by atoms with Gasteiger partial charge in [-0.25, -0.2) is 8.42 Å². The van der Waals surface area contributed by atoms with Crippen LogP contribution in [0.5, 0.6) is 0 Å². The van der Waals surface area contributed by atoms with Crippen molar-refractivity contribution in [1.29, 1.82) is 0 Å². The van der Waals surface area contributed by atoms with Crippen LogP contribution in [0.4, 0.5) is 11.4 Å². The van der Waals surface area contributed by atoms with E-state index in [2.05, 4.69) is 20.7 Å². The topological polar surface area (TPSA) is 72.2 Å². The highest BCUT2D eigenvalue weighted by atomic mass is 79.9. The average molecular weight is 410 g/mol. The van der Waals surface area contributed by atoms with Crippen LogP contribution in [0.2, 0.25) is 10.0 Å². The van der Waals surface area contributed by atoms with Crippen LogP contribution >= 0.6 is 39.1 Å². The molecular weight excluding hydrogens is 399 g/mol. The van der Waals surface area contributed by atoms with Crippen molar-refractivity contribution in [2.45, 2.75) is 11.8 Å². The Balaban J connectivity index is 2.46. The molecule has 0 spiro atoms. The molecule has 2 aromatic rings. The molecule has 2 aromatic carbocycles. The van der Waals surface area contributed by atoms with Crippen molar-refractivity contribution in [3.05, 3.63) is 50.4 Å². The molecule has 0 bridgehead atoms. The maximum Gasteiger partial charge on any atom is 0.262 e. The van der Waals surface area contributed by atoms with Crippen molar-refractivity contribution >= 4 is 60.5 Å². The Morgan fingerprint density at radius 1 is 1.19 bits per heavy atom. The van der Waals surface area contributed by atoms with E-state index in [0.29, 0.717) is 20.1 Å². The van der Waals surface area contributed by atoms with Crippen molar-refractivity contribution < 1.29 is 8.42 Å². The van der Waals surface area contributed by atoms with Crippen LogP contribution in [0, 0.1) is 6.92 Å². The summed E-state index contributed by atoms with van der Waals surface area (Å²) in [7, 11) is -3.81. The molecule has 0 radical (unpaired) electrons. The fourth-order valence-corrected chi connectivity index (χ4v) is 3.58. The normalized spacial score (nSPS) is 11.4. The van der Waals surface area contributed by atoms with Crippen molar-refractivity contribution in [3.8, 4) is 0 Å². The molecule has 21 heavy (non-hydrogen) atoms. The molecule has 0 fully saturated rings. The zero-order valence-corrected chi connectivity index (χ0v) is 14.7. The molecule has 2 rings (SSSR count). The molecule has 0 saturated heterocycles. The lowest BCUT2D eigenvalue weighted by Gasteiger charge is -2.12. The zero-order valence-electron chi connectivity index (χ0n) is 10.8. The number of nitrogens with one attached hydrogen (secondary N) is 1. The number of rotatable bonds is 3. The van der Waals surface area contributed by atoms with E-state index in [1.54, 1.807) is 25.1 Å². The highest BCUT2D eigenvalue weighted by molar-refractivity contribution is 9.10. The number of sulfonamides is 1. The van der Waals surface area contributed by atoms with Crippen LogP contribution in [-0.4, -0.2) is 8.42 Å². The molecule has 0 amide bonds. The van der Waals surface area contributed by atoms with Gasteiger partial charge in [0, 0.05) is 4.47 Å². The van der Waals surface area contributed by atoms with Crippen molar-refractivity contribution in [1.82, 2.24) is 0 Å².